The van der Waals surface area contributed by atoms with E-state index in [-0.39, 0.29) is 5.82 Å². The van der Waals surface area contributed by atoms with Crippen molar-refractivity contribution >= 4 is 17.4 Å². The molecule has 0 aliphatic heterocycles. The Balaban J connectivity index is 1.79. The predicted molar refractivity (Wildman–Crippen MR) is 79.3 cm³/mol. The van der Waals surface area contributed by atoms with E-state index in [1.807, 2.05) is 6.92 Å². The van der Waals surface area contributed by atoms with Gasteiger partial charge in [-0.25, -0.2) is 9.37 Å². The van der Waals surface area contributed by atoms with Crippen molar-refractivity contribution in [2.45, 2.75) is 18.9 Å². The van der Waals surface area contributed by atoms with Crippen molar-refractivity contribution in [2.24, 2.45) is 0 Å². The van der Waals surface area contributed by atoms with Gasteiger partial charge in [-0.2, -0.15) is 0 Å². The Bertz CT molecular complexity index is 520. The maximum atomic E-state index is 12.7. The fraction of sp³-hybridized carbons (Fsp3) is 0.267. The van der Waals surface area contributed by atoms with Crippen LogP contribution in [0.25, 0.3) is 0 Å². The maximum absolute atomic E-state index is 12.7. The summed E-state index contributed by atoms with van der Waals surface area (Å²) in [6, 6.07) is 10.6. The van der Waals surface area contributed by atoms with Crippen LogP contribution in [0.1, 0.15) is 11.3 Å². The third-order valence-electron chi connectivity index (χ3n) is 2.60. The van der Waals surface area contributed by atoms with Crippen LogP contribution in [0, 0.1) is 19.7 Å². The van der Waals surface area contributed by atoms with Gasteiger partial charge in [0.2, 0.25) is 0 Å². The molecule has 2 aromatic rings. The van der Waals surface area contributed by atoms with Crippen LogP contribution in [0.5, 0.6) is 0 Å². The SMILES string of the molecule is Cc1cc(C)nc(SCCNc2ccc(F)cc2)c1. The van der Waals surface area contributed by atoms with Crippen LogP contribution >= 0.6 is 11.8 Å². The second-order valence-electron chi connectivity index (χ2n) is 4.41. The molecule has 0 unspecified atom stereocenters. The van der Waals surface area contributed by atoms with Gasteiger partial charge in [0.25, 0.3) is 0 Å². The van der Waals surface area contributed by atoms with Crippen molar-refractivity contribution in [2.75, 3.05) is 17.6 Å². The first-order valence-corrected chi connectivity index (χ1v) is 7.19. The fourth-order valence-corrected chi connectivity index (χ4v) is 2.69. The number of halogens is 1. The number of thioether (sulfide) groups is 1. The van der Waals surface area contributed by atoms with E-state index in [1.54, 1.807) is 23.9 Å². The molecule has 2 nitrogen and oxygen atoms in total. The van der Waals surface area contributed by atoms with Crippen LogP contribution in [0.15, 0.2) is 41.4 Å². The van der Waals surface area contributed by atoms with Gasteiger partial charge in [-0.1, -0.05) is 0 Å². The second-order valence-corrected chi connectivity index (χ2v) is 5.52. The molecule has 2 rings (SSSR count). The Kier molecular flexibility index (Phi) is 4.80. The number of rotatable bonds is 5. The summed E-state index contributed by atoms with van der Waals surface area (Å²) in [6.45, 7) is 4.91. The number of aryl methyl sites for hydroxylation is 2. The normalized spacial score (nSPS) is 10.5. The van der Waals surface area contributed by atoms with E-state index in [2.05, 4.69) is 29.4 Å². The average Bonchev–Trinajstić information content (AvgIpc) is 2.36. The molecule has 4 heteroatoms. The minimum absolute atomic E-state index is 0.209. The zero-order valence-electron chi connectivity index (χ0n) is 11.1. The predicted octanol–water partition coefficient (Wildman–Crippen LogP) is 4.04. The first-order valence-electron chi connectivity index (χ1n) is 6.21. The van der Waals surface area contributed by atoms with E-state index in [4.69, 9.17) is 0 Å². The van der Waals surface area contributed by atoms with Crippen LogP contribution < -0.4 is 5.32 Å². The van der Waals surface area contributed by atoms with Gasteiger partial charge in [0, 0.05) is 23.7 Å². The van der Waals surface area contributed by atoms with Crippen LogP contribution in [-0.4, -0.2) is 17.3 Å². The third-order valence-corrected chi connectivity index (χ3v) is 3.51. The van der Waals surface area contributed by atoms with Gasteiger partial charge in [-0.15, -0.1) is 11.8 Å². The van der Waals surface area contributed by atoms with Crippen molar-refractivity contribution in [1.29, 1.82) is 0 Å². The van der Waals surface area contributed by atoms with Crippen LogP contribution in [0.4, 0.5) is 10.1 Å². The Morgan fingerprint density at radius 3 is 2.58 bits per heavy atom. The Morgan fingerprint density at radius 2 is 1.89 bits per heavy atom. The zero-order chi connectivity index (χ0) is 13.7. The third kappa shape index (κ3) is 4.56. The highest BCUT2D eigenvalue weighted by Gasteiger charge is 1.99. The topological polar surface area (TPSA) is 24.9 Å². The van der Waals surface area contributed by atoms with E-state index in [0.717, 1.165) is 28.7 Å². The standard InChI is InChI=1S/C15H17FN2S/c1-11-9-12(2)18-15(10-11)19-8-7-17-14-5-3-13(16)4-6-14/h3-6,9-10,17H,7-8H2,1-2H3. The van der Waals surface area contributed by atoms with Crippen molar-refractivity contribution in [3.63, 3.8) is 0 Å². The Hall–Kier alpha value is -1.55. The fourth-order valence-electron chi connectivity index (χ4n) is 1.80. The molecule has 0 saturated heterocycles. The summed E-state index contributed by atoms with van der Waals surface area (Å²) in [5.74, 6) is 0.715. The summed E-state index contributed by atoms with van der Waals surface area (Å²) in [5, 5.41) is 4.31. The van der Waals surface area contributed by atoms with Gasteiger partial charge in [0.05, 0.1) is 5.03 Å². The van der Waals surface area contributed by atoms with E-state index >= 15 is 0 Å². The molecule has 0 fully saturated rings. The van der Waals surface area contributed by atoms with Crippen molar-refractivity contribution in [3.8, 4) is 0 Å². The number of nitrogens with one attached hydrogen (secondary N) is 1. The molecule has 0 aliphatic rings. The minimum atomic E-state index is -0.209. The van der Waals surface area contributed by atoms with Crippen LogP contribution in [-0.2, 0) is 0 Å². The summed E-state index contributed by atoms with van der Waals surface area (Å²) in [5.41, 5.74) is 3.23. The van der Waals surface area contributed by atoms with Gasteiger partial charge in [-0.05, 0) is 55.8 Å². The van der Waals surface area contributed by atoms with Gasteiger partial charge in [0.1, 0.15) is 5.82 Å². The van der Waals surface area contributed by atoms with Gasteiger partial charge >= 0.3 is 0 Å². The van der Waals surface area contributed by atoms with Gasteiger partial charge < -0.3 is 5.32 Å². The molecule has 0 spiro atoms. The quantitative estimate of drug-likeness (QED) is 0.659. The van der Waals surface area contributed by atoms with Crippen molar-refractivity contribution in [1.82, 2.24) is 4.98 Å². The van der Waals surface area contributed by atoms with Crippen molar-refractivity contribution < 1.29 is 4.39 Å². The lowest BCUT2D eigenvalue weighted by atomic mass is 10.3. The summed E-state index contributed by atoms with van der Waals surface area (Å²) in [7, 11) is 0. The molecular weight excluding hydrogens is 259 g/mol. The lowest BCUT2D eigenvalue weighted by Crippen LogP contribution is -2.04. The molecule has 0 aliphatic carbocycles. The van der Waals surface area contributed by atoms with Gasteiger partial charge in [0.15, 0.2) is 0 Å². The number of hydrogen-bond donors (Lipinski definition) is 1. The Morgan fingerprint density at radius 1 is 1.16 bits per heavy atom. The number of hydrogen-bond acceptors (Lipinski definition) is 3. The summed E-state index contributed by atoms with van der Waals surface area (Å²) in [6.07, 6.45) is 0. The molecule has 1 N–H and O–H groups in total. The molecule has 0 bridgehead atoms. The van der Waals surface area contributed by atoms with Crippen molar-refractivity contribution in [3.05, 3.63) is 53.5 Å². The maximum Gasteiger partial charge on any atom is 0.123 e. The first kappa shape index (κ1) is 13.9. The number of anilines is 1. The van der Waals surface area contributed by atoms with E-state index in [0.29, 0.717) is 0 Å². The summed E-state index contributed by atoms with van der Waals surface area (Å²) >= 11 is 1.72. The molecule has 1 aromatic heterocycles. The average molecular weight is 276 g/mol. The minimum Gasteiger partial charge on any atom is -0.384 e. The molecule has 0 radical (unpaired) electrons. The summed E-state index contributed by atoms with van der Waals surface area (Å²) < 4.78 is 12.7. The zero-order valence-corrected chi connectivity index (χ0v) is 11.9. The highest BCUT2D eigenvalue weighted by molar-refractivity contribution is 7.99. The molecular formula is C15H17FN2S. The summed E-state index contributed by atoms with van der Waals surface area (Å²) in [4.78, 5) is 4.48. The van der Waals surface area contributed by atoms with E-state index < -0.39 is 0 Å². The van der Waals surface area contributed by atoms with E-state index in [9.17, 15) is 4.39 Å². The number of nitrogens with zero attached hydrogens (tertiary/aromatic N) is 1. The highest BCUT2D eigenvalue weighted by Crippen LogP contribution is 2.17. The van der Waals surface area contributed by atoms with E-state index in [1.165, 1.54) is 17.7 Å². The lowest BCUT2D eigenvalue weighted by molar-refractivity contribution is 0.628. The second kappa shape index (κ2) is 6.57. The molecule has 1 heterocycles. The molecule has 0 saturated carbocycles. The monoisotopic (exact) mass is 276 g/mol. The number of pyridine rings is 1. The number of benzene rings is 1. The van der Waals surface area contributed by atoms with Gasteiger partial charge in [-0.3, -0.25) is 0 Å². The first-order chi connectivity index (χ1) is 9.13. The molecule has 0 amide bonds. The molecule has 0 atom stereocenters. The smallest absolute Gasteiger partial charge is 0.123 e. The van der Waals surface area contributed by atoms with Crippen LogP contribution in [0.2, 0.25) is 0 Å². The molecule has 100 valence electrons. The largest absolute Gasteiger partial charge is 0.384 e. The molecule has 1 aromatic carbocycles. The Labute approximate surface area is 117 Å². The lowest BCUT2D eigenvalue weighted by Gasteiger charge is -2.07. The highest BCUT2D eigenvalue weighted by atomic mass is 32.2. The number of aromatic nitrogens is 1. The van der Waals surface area contributed by atoms with Crippen LogP contribution in [0.3, 0.4) is 0 Å². The molecule has 19 heavy (non-hydrogen) atoms.